The predicted molar refractivity (Wildman–Crippen MR) is 114 cm³/mol. The van der Waals surface area contributed by atoms with Gasteiger partial charge in [-0.3, -0.25) is 18.7 Å². The van der Waals surface area contributed by atoms with Crippen LogP contribution in [0.4, 0.5) is 0 Å². The van der Waals surface area contributed by atoms with Crippen LogP contribution in [0.15, 0.2) is 21.9 Å². The van der Waals surface area contributed by atoms with E-state index in [1.54, 1.807) is 13.1 Å². The maximum absolute atomic E-state index is 12.8. The number of likely N-dealkylation sites (tertiary alicyclic amines) is 1. The van der Waals surface area contributed by atoms with Gasteiger partial charge in [0.1, 0.15) is 5.65 Å². The second-order valence-electron chi connectivity index (χ2n) is 6.93. The summed E-state index contributed by atoms with van der Waals surface area (Å²) in [5.74, 6) is 0.533. The van der Waals surface area contributed by atoms with Crippen molar-refractivity contribution in [1.82, 2.24) is 24.3 Å². The summed E-state index contributed by atoms with van der Waals surface area (Å²) in [6.07, 6.45) is 4.56. The van der Waals surface area contributed by atoms with E-state index in [9.17, 15) is 14.4 Å². The maximum Gasteiger partial charge on any atom is 0.332 e. The van der Waals surface area contributed by atoms with Crippen LogP contribution in [0, 0.1) is 5.92 Å². The standard InChI is InChI=1S/C18H25N5O3.2ClH/c1-19-7-4-12-5-8-23(9-6-12)16(24)13-10-14-15(20-11-13)21(2)18(26)22(3)17(14)25;;/h10-12,19H,4-9H2,1-3H3;2*1H. The van der Waals surface area contributed by atoms with Crippen LogP contribution in [0.1, 0.15) is 29.6 Å². The quantitative estimate of drug-likeness (QED) is 0.777. The molecule has 0 aliphatic carbocycles. The van der Waals surface area contributed by atoms with Crippen LogP contribution in [-0.4, -0.2) is 51.6 Å². The fraction of sp³-hybridized carbons (Fsp3) is 0.556. The van der Waals surface area contributed by atoms with Crippen molar-refractivity contribution in [2.75, 3.05) is 26.7 Å². The lowest BCUT2D eigenvalue weighted by Crippen LogP contribution is -2.39. The largest absolute Gasteiger partial charge is 0.339 e. The second-order valence-corrected chi connectivity index (χ2v) is 6.93. The van der Waals surface area contributed by atoms with Crippen LogP contribution in [-0.2, 0) is 14.1 Å². The minimum absolute atomic E-state index is 0. The van der Waals surface area contributed by atoms with Crippen LogP contribution < -0.4 is 16.6 Å². The van der Waals surface area contributed by atoms with E-state index in [4.69, 9.17) is 0 Å². The van der Waals surface area contributed by atoms with Gasteiger partial charge in [0, 0.05) is 33.4 Å². The number of carbonyl (C=O) groups is 1. The molecule has 0 spiro atoms. The molecule has 8 nitrogen and oxygen atoms in total. The molecule has 0 saturated carbocycles. The summed E-state index contributed by atoms with van der Waals surface area (Å²) >= 11 is 0. The summed E-state index contributed by atoms with van der Waals surface area (Å²) in [4.78, 5) is 43.2. The van der Waals surface area contributed by atoms with Crippen LogP contribution >= 0.6 is 24.8 Å². The Balaban J connectivity index is 0.00000196. The number of pyridine rings is 1. The molecule has 0 bridgehead atoms. The number of aryl methyl sites for hydroxylation is 1. The minimum atomic E-state index is -0.434. The van der Waals surface area contributed by atoms with Gasteiger partial charge in [0.25, 0.3) is 11.5 Å². The monoisotopic (exact) mass is 431 g/mol. The number of hydrogen-bond donors (Lipinski definition) is 1. The molecular weight excluding hydrogens is 405 g/mol. The van der Waals surface area contributed by atoms with Gasteiger partial charge in [0.15, 0.2) is 0 Å². The Labute approximate surface area is 175 Å². The number of hydrogen-bond acceptors (Lipinski definition) is 5. The number of aromatic nitrogens is 3. The van der Waals surface area contributed by atoms with Crippen LogP contribution in [0.5, 0.6) is 0 Å². The fourth-order valence-corrected chi connectivity index (χ4v) is 3.54. The Morgan fingerprint density at radius 3 is 2.43 bits per heavy atom. The number of nitrogens with zero attached hydrogens (tertiary/aromatic N) is 4. The van der Waals surface area contributed by atoms with Gasteiger partial charge in [0.2, 0.25) is 0 Å². The van der Waals surface area contributed by atoms with E-state index in [1.165, 1.54) is 17.8 Å². The second kappa shape index (κ2) is 10.0. The van der Waals surface area contributed by atoms with Gasteiger partial charge in [0.05, 0.1) is 10.9 Å². The van der Waals surface area contributed by atoms with Crippen molar-refractivity contribution in [3.8, 4) is 0 Å². The molecule has 10 heteroatoms. The number of nitrogens with one attached hydrogen (secondary N) is 1. The van der Waals surface area contributed by atoms with Crippen molar-refractivity contribution in [2.24, 2.45) is 20.0 Å². The number of halogens is 2. The third-order valence-electron chi connectivity index (χ3n) is 5.24. The molecule has 2 aromatic heterocycles. The SMILES string of the molecule is CNCCC1CCN(C(=O)c2cnc3c(c2)c(=O)n(C)c(=O)n3C)CC1.Cl.Cl. The van der Waals surface area contributed by atoms with Crippen molar-refractivity contribution < 1.29 is 4.79 Å². The summed E-state index contributed by atoms with van der Waals surface area (Å²) in [5.41, 5.74) is -0.184. The molecule has 1 aliphatic heterocycles. The predicted octanol–water partition coefficient (Wildman–Crippen LogP) is 0.937. The number of carbonyl (C=O) groups excluding carboxylic acids is 1. The zero-order chi connectivity index (χ0) is 18.8. The first-order chi connectivity index (χ1) is 12.4. The summed E-state index contributed by atoms with van der Waals surface area (Å²) in [6, 6.07) is 1.56. The maximum atomic E-state index is 12.8. The lowest BCUT2D eigenvalue weighted by atomic mass is 9.93. The van der Waals surface area contributed by atoms with Crippen molar-refractivity contribution in [1.29, 1.82) is 0 Å². The first kappa shape index (κ1) is 24.1. The van der Waals surface area contributed by atoms with E-state index >= 15 is 0 Å². The highest BCUT2D eigenvalue weighted by Crippen LogP contribution is 2.21. The molecule has 0 unspecified atom stereocenters. The van der Waals surface area contributed by atoms with Gasteiger partial charge in [-0.1, -0.05) is 0 Å². The average molecular weight is 432 g/mol. The zero-order valence-electron chi connectivity index (χ0n) is 16.3. The molecule has 1 N–H and O–H groups in total. The summed E-state index contributed by atoms with van der Waals surface area (Å²) in [6.45, 7) is 2.43. The van der Waals surface area contributed by atoms with Crippen LogP contribution in [0.25, 0.3) is 11.0 Å². The fourth-order valence-electron chi connectivity index (χ4n) is 3.54. The van der Waals surface area contributed by atoms with Crippen LogP contribution in [0.3, 0.4) is 0 Å². The lowest BCUT2D eigenvalue weighted by molar-refractivity contribution is 0.0687. The van der Waals surface area contributed by atoms with Crippen molar-refractivity contribution in [3.63, 3.8) is 0 Å². The van der Waals surface area contributed by atoms with Gasteiger partial charge in [-0.05, 0) is 44.8 Å². The molecule has 1 amide bonds. The van der Waals surface area contributed by atoms with E-state index in [0.29, 0.717) is 17.1 Å². The highest BCUT2D eigenvalue weighted by Gasteiger charge is 2.24. The molecule has 156 valence electrons. The van der Waals surface area contributed by atoms with E-state index in [0.717, 1.165) is 43.5 Å². The average Bonchev–Trinajstić information content (AvgIpc) is 2.68. The summed E-state index contributed by atoms with van der Waals surface area (Å²) in [5, 5.41) is 3.45. The molecule has 3 heterocycles. The third-order valence-corrected chi connectivity index (χ3v) is 5.24. The third kappa shape index (κ3) is 4.56. The highest BCUT2D eigenvalue weighted by molar-refractivity contribution is 5.96. The van der Waals surface area contributed by atoms with E-state index < -0.39 is 11.2 Å². The number of rotatable bonds is 4. The van der Waals surface area contributed by atoms with Crippen molar-refractivity contribution >= 4 is 41.8 Å². The number of piperidine rings is 1. The van der Waals surface area contributed by atoms with Gasteiger partial charge in [-0.2, -0.15) is 0 Å². The number of amides is 1. The molecule has 2 aromatic rings. The zero-order valence-corrected chi connectivity index (χ0v) is 17.9. The Hall–Kier alpha value is -1.90. The molecule has 1 saturated heterocycles. The van der Waals surface area contributed by atoms with Gasteiger partial charge < -0.3 is 10.2 Å². The van der Waals surface area contributed by atoms with Gasteiger partial charge >= 0.3 is 5.69 Å². The van der Waals surface area contributed by atoms with E-state index in [-0.39, 0.29) is 36.1 Å². The molecule has 1 aliphatic rings. The van der Waals surface area contributed by atoms with Gasteiger partial charge in [-0.25, -0.2) is 9.78 Å². The highest BCUT2D eigenvalue weighted by atomic mass is 35.5. The van der Waals surface area contributed by atoms with Crippen LogP contribution in [0.2, 0.25) is 0 Å². The van der Waals surface area contributed by atoms with Gasteiger partial charge in [-0.15, -0.1) is 24.8 Å². The molecule has 0 radical (unpaired) electrons. The van der Waals surface area contributed by atoms with Crippen molar-refractivity contribution in [3.05, 3.63) is 38.7 Å². The first-order valence-electron chi connectivity index (χ1n) is 8.93. The Morgan fingerprint density at radius 2 is 1.82 bits per heavy atom. The lowest BCUT2D eigenvalue weighted by Gasteiger charge is -2.32. The van der Waals surface area contributed by atoms with E-state index in [2.05, 4.69) is 10.3 Å². The Bertz CT molecular complexity index is 949. The van der Waals surface area contributed by atoms with Crippen molar-refractivity contribution in [2.45, 2.75) is 19.3 Å². The smallest absolute Gasteiger partial charge is 0.332 e. The number of fused-ring (bicyclic) bond motifs is 1. The molecule has 0 atom stereocenters. The topological polar surface area (TPSA) is 89.2 Å². The molecule has 3 rings (SSSR count). The summed E-state index contributed by atoms with van der Waals surface area (Å²) < 4.78 is 2.35. The first-order valence-corrected chi connectivity index (χ1v) is 8.93. The summed E-state index contributed by atoms with van der Waals surface area (Å²) in [7, 11) is 4.94. The molecular formula is C18H27Cl2N5O3. The molecule has 0 aromatic carbocycles. The Morgan fingerprint density at radius 1 is 1.18 bits per heavy atom. The minimum Gasteiger partial charge on any atom is -0.339 e. The Kier molecular flexibility index (Phi) is 8.66. The van der Waals surface area contributed by atoms with E-state index in [1.807, 2.05) is 11.9 Å². The normalized spacial score (nSPS) is 14.5. The molecule has 1 fully saturated rings. The molecule has 28 heavy (non-hydrogen) atoms.